The van der Waals surface area contributed by atoms with Crippen molar-refractivity contribution in [2.24, 2.45) is 11.7 Å². The maximum absolute atomic E-state index is 12.7. The number of anilines is 1. The molecule has 0 aliphatic rings. The summed E-state index contributed by atoms with van der Waals surface area (Å²) in [7, 11) is 0. The normalized spacial score (nSPS) is 12.6. The minimum absolute atomic E-state index is 0.279. The summed E-state index contributed by atoms with van der Waals surface area (Å²) in [5.41, 5.74) is 5.85. The summed E-state index contributed by atoms with van der Waals surface area (Å²) >= 11 is 0. The van der Waals surface area contributed by atoms with Crippen molar-refractivity contribution in [3.8, 4) is 0 Å². The van der Waals surface area contributed by atoms with Crippen molar-refractivity contribution in [3.05, 3.63) is 29.8 Å². The monoisotopic (exact) mass is 200 g/mol. The van der Waals surface area contributed by atoms with Gasteiger partial charge in [0, 0.05) is 18.3 Å². The molecule has 0 aliphatic carbocycles. The first-order valence-corrected chi connectivity index (χ1v) is 4.52. The highest BCUT2D eigenvalue weighted by Gasteiger charge is 2.02. The van der Waals surface area contributed by atoms with Crippen molar-refractivity contribution in [2.75, 3.05) is 18.4 Å². The summed E-state index contributed by atoms with van der Waals surface area (Å²) in [6.45, 7) is 3.12. The van der Waals surface area contributed by atoms with Gasteiger partial charge in [0.2, 0.25) is 0 Å². The fourth-order valence-electron chi connectivity index (χ4n) is 1.03. The van der Waals surface area contributed by atoms with Gasteiger partial charge in [0.1, 0.15) is 11.6 Å². The lowest BCUT2D eigenvalue weighted by molar-refractivity contribution is 0.582. The Morgan fingerprint density at radius 2 is 1.86 bits per heavy atom. The van der Waals surface area contributed by atoms with E-state index in [-0.39, 0.29) is 5.92 Å². The zero-order valence-electron chi connectivity index (χ0n) is 8.06. The number of halogens is 2. The van der Waals surface area contributed by atoms with Gasteiger partial charge in [-0.15, -0.1) is 0 Å². The number of nitrogens with one attached hydrogen (secondary N) is 1. The highest BCUT2D eigenvalue weighted by atomic mass is 19.1. The standard InChI is InChI=1S/C10H14F2N2/c1-7(5-13)6-14-10-3-8(11)2-9(12)4-10/h2-4,7,14H,5-6,13H2,1H3. The molecule has 0 saturated heterocycles. The molecule has 4 heteroatoms. The highest BCUT2D eigenvalue weighted by molar-refractivity contribution is 5.43. The van der Waals surface area contributed by atoms with E-state index in [9.17, 15) is 8.78 Å². The number of benzene rings is 1. The fourth-order valence-corrected chi connectivity index (χ4v) is 1.03. The summed E-state index contributed by atoms with van der Waals surface area (Å²) in [5, 5.41) is 2.92. The van der Waals surface area contributed by atoms with Crippen molar-refractivity contribution in [1.29, 1.82) is 0 Å². The lowest BCUT2D eigenvalue weighted by Gasteiger charge is -2.11. The van der Waals surface area contributed by atoms with Crippen molar-refractivity contribution < 1.29 is 8.78 Å². The molecule has 0 heterocycles. The Labute approximate surface area is 82.1 Å². The molecule has 78 valence electrons. The van der Waals surface area contributed by atoms with Crippen molar-refractivity contribution in [3.63, 3.8) is 0 Å². The SMILES string of the molecule is CC(CN)CNc1cc(F)cc(F)c1. The molecule has 1 unspecified atom stereocenters. The van der Waals surface area contributed by atoms with Crippen LogP contribution in [0.3, 0.4) is 0 Å². The maximum Gasteiger partial charge on any atom is 0.128 e. The van der Waals surface area contributed by atoms with E-state index < -0.39 is 11.6 Å². The van der Waals surface area contributed by atoms with E-state index in [4.69, 9.17) is 5.73 Å². The van der Waals surface area contributed by atoms with Gasteiger partial charge >= 0.3 is 0 Å². The number of rotatable bonds is 4. The van der Waals surface area contributed by atoms with Crippen LogP contribution in [0.1, 0.15) is 6.92 Å². The molecule has 0 amide bonds. The topological polar surface area (TPSA) is 38.0 Å². The second-order valence-corrected chi connectivity index (χ2v) is 3.38. The zero-order chi connectivity index (χ0) is 10.6. The molecule has 1 atom stereocenters. The largest absolute Gasteiger partial charge is 0.385 e. The summed E-state index contributed by atoms with van der Waals surface area (Å²) in [5.74, 6) is -0.873. The van der Waals surface area contributed by atoms with Crippen LogP contribution in [0.2, 0.25) is 0 Å². The first kappa shape index (κ1) is 10.9. The molecule has 0 fully saturated rings. The third-order valence-electron chi connectivity index (χ3n) is 1.92. The molecule has 0 saturated carbocycles. The Kier molecular flexibility index (Phi) is 3.83. The Morgan fingerprint density at radius 1 is 1.29 bits per heavy atom. The van der Waals surface area contributed by atoms with Crippen molar-refractivity contribution >= 4 is 5.69 Å². The highest BCUT2D eigenvalue weighted by Crippen LogP contribution is 2.12. The molecule has 3 N–H and O–H groups in total. The van der Waals surface area contributed by atoms with Crippen LogP contribution in [0.25, 0.3) is 0 Å². The lowest BCUT2D eigenvalue weighted by Crippen LogP contribution is -2.19. The van der Waals surface area contributed by atoms with Crippen LogP contribution in [-0.2, 0) is 0 Å². The van der Waals surface area contributed by atoms with Gasteiger partial charge in [-0.05, 0) is 24.6 Å². The molecule has 0 bridgehead atoms. The average molecular weight is 200 g/mol. The van der Waals surface area contributed by atoms with Crippen LogP contribution in [-0.4, -0.2) is 13.1 Å². The summed E-state index contributed by atoms with van der Waals surface area (Å²) in [6, 6.07) is 3.36. The summed E-state index contributed by atoms with van der Waals surface area (Å²) in [4.78, 5) is 0. The second kappa shape index (κ2) is 4.91. The van der Waals surface area contributed by atoms with E-state index in [0.29, 0.717) is 18.8 Å². The molecule has 1 aromatic rings. The predicted octanol–water partition coefficient (Wildman–Crippen LogP) is 1.97. The van der Waals surface area contributed by atoms with Crippen molar-refractivity contribution in [1.82, 2.24) is 0 Å². The molecule has 1 rings (SSSR count). The Bertz CT molecular complexity index is 282. The maximum atomic E-state index is 12.7. The first-order valence-electron chi connectivity index (χ1n) is 4.52. The van der Waals surface area contributed by atoms with E-state index >= 15 is 0 Å². The third-order valence-corrected chi connectivity index (χ3v) is 1.92. The minimum atomic E-state index is -0.576. The molecule has 2 nitrogen and oxygen atoms in total. The smallest absolute Gasteiger partial charge is 0.128 e. The summed E-state index contributed by atoms with van der Waals surface area (Å²) in [6.07, 6.45) is 0. The van der Waals surface area contributed by atoms with E-state index in [1.165, 1.54) is 12.1 Å². The number of hydrogen-bond donors (Lipinski definition) is 2. The third kappa shape index (κ3) is 3.30. The van der Waals surface area contributed by atoms with Crippen LogP contribution in [0.15, 0.2) is 18.2 Å². The average Bonchev–Trinajstić information content (AvgIpc) is 2.12. The van der Waals surface area contributed by atoms with Gasteiger partial charge in [0.15, 0.2) is 0 Å². The molecule has 14 heavy (non-hydrogen) atoms. The zero-order valence-corrected chi connectivity index (χ0v) is 8.06. The van der Waals surface area contributed by atoms with Gasteiger partial charge in [-0.25, -0.2) is 8.78 Å². The second-order valence-electron chi connectivity index (χ2n) is 3.38. The van der Waals surface area contributed by atoms with Gasteiger partial charge in [-0.2, -0.15) is 0 Å². The molecule has 0 aliphatic heterocycles. The quantitative estimate of drug-likeness (QED) is 0.779. The molecular formula is C10H14F2N2. The minimum Gasteiger partial charge on any atom is -0.385 e. The van der Waals surface area contributed by atoms with Gasteiger partial charge in [0.25, 0.3) is 0 Å². The van der Waals surface area contributed by atoms with E-state index in [1.54, 1.807) is 0 Å². The Morgan fingerprint density at radius 3 is 2.36 bits per heavy atom. The van der Waals surface area contributed by atoms with Gasteiger partial charge in [0.05, 0.1) is 0 Å². The first-order chi connectivity index (χ1) is 6.61. The lowest BCUT2D eigenvalue weighted by atomic mass is 10.2. The van der Waals surface area contributed by atoms with Crippen LogP contribution in [0.4, 0.5) is 14.5 Å². The van der Waals surface area contributed by atoms with Crippen molar-refractivity contribution in [2.45, 2.75) is 6.92 Å². The number of hydrogen-bond acceptors (Lipinski definition) is 2. The molecule has 0 radical (unpaired) electrons. The molecule has 0 spiro atoms. The van der Waals surface area contributed by atoms with E-state index in [2.05, 4.69) is 5.32 Å². The Balaban J connectivity index is 2.58. The van der Waals surface area contributed by atoms with Gasteiger partial charge in [-0.3, -0.25) is 0 Å². The predicted molar refractivity (Wildman–Crippen MR) is 53.1 cm³/mol. The Hall–Kier alpha value is -1.16. The van der Waals surface area contributed by atoms with Crippen LogP contribution in [0, 0.1) is 17.6 Å². The molecule has 0 aromatic heterocycles. The van der Waals surface area contributed by atoms with Crippen LogP contribution < -0.4 is 11.1 Å². The van der Waals surface area contributed by atoms with Crippen LogP contribution in [0.5, 0.6) is 0 Å². The van der Waals surface area contributed by atoms with E-state index in [0.717, 1.165) is 6.07 Å². The molecular weight excluding hydrogens is 186 g/mol. The van der Waals surface area contributed by atoms with Gasteiger partial charge < -0.3 is 11.1 Å². The van der Waals surface area contributed by atoms with Gasteiger partial charge in [-0.1, -0.05) is 6.92 Å². The number of nitrogens with two attached hydrogens (primary N) is 1. The fraction of sp³-hybridized carbons (Fsp3) is 0.400. The van der Waals surface area contributed by atoms with Crippen LogP contribution >= 0.6 is 0 Å². The summed E-state index contributed by atoms with van der Waals surface area (Å²) < 4.78 is 25.5. The van der Waals surface area contributed by atoms with E-state index in [1.807, 2.05) is 6.92 Å². The molecule has 1 aromatic carbocycles.